The minimum Gasteiger partial charge on any atom is -0.431 e. The Hall–Kier alpha value is -1.69. The standard InChI is InChI=1S/C10H11N3O2S/c11-9(13-14)5-6-16-10-12-7-3-1-2-4-8(7)15-10/h1-4,14H,5-6H2,(H2,11,13). The number of fused-ring (bicyclic) bond motifs is 1. The number of thioether (sulfide) groups is 1. The zero-order valence-corrected chi connectivity index (χ0v) is 9.28. The van der Waals surface area contributed by atoms with Crippen molar-refractivity contribution in [1.82, 2.24) is 4.98 Å². The molecular weight excluding hydrogens is 226 g/mol. The third kappa shape index (κ3) is 2.46. The first-order valence-electron chi connectivity index (χ1n) is 4.74. The number of rotatable bonds is 4. The van der Waals surface area contributed by atoms with Gasteiger partial charge in [0.2, 0.25) is 0 Å². The van der Waals surface area contributed by atoms with Gasteiger partial charge in [-0.3, -0.25) is 0 Å². The van der Waals surface area contributed by atoms with Crippen molar-refractivity contribution in [1.29, 1.82) is 0 Å². The maximum atomic E-state index is 8.36. The molecule has 5 nitrogen and oxygen atoms in total. The number of hydrogen-bond acceptors (Lipinski definition) is 5. The highest BCUT2D eigenvalue weighted by Gasteiger charge is 2.05. The van der Waals surface area contributed by atoms with Gasteiger partial charge in [-0.1, -0.05) is 29.1 Å². The Morgan fingerprint density at radius 1 is 1.50 bits per heavy atom. The number of nitrogens with two attached hydrogens (primary N) is 1. The largest absolute Gasteiger partial charge is 0.431 e. The Morgan fingerprint density at radius 2 is 2.31 bits per heavy atom. The van der Waals surface area contributed by atoms with E-state index in [1.54, 1.807) is 0 Å². The Labute approximate surface area is 96.3 Å². The molecule has 1 aromatic carbocycles. The van der Waals surface area contributed by atoms with Gasteiger partial charge in [-0.05, 0) is 12.1 Å². The minimum atomic E-state index is 0.212. The summed E-state index contributed by atoms with van der Waals surface area (Å²) < 4.78 is 5.49. The Morgan fingerprint density at radius 3 is 3.06 bits per heavy atom. The van der Waals surface area contributed by atoms with Crippen molar-refractivity contribution < 1.29 is 9.62 Å². The molecule has 3 N–H and O–H groups in total. The van der Waals surface area contributed by atoms with Gasteiger partial charge in [0.15, 0.2) is 5.58 Å². The van der Waals surface area contributed by atoms with Crippen LogP contribution in [0.3, 0.4) is 0 Å². The highest BCUT2D eigenvalue weighted by Crippen LogP contribution is 2.23. The second-order valence-electron chi connectivity index (χ2n) is 3.14. The van der Waals surface area contributed by atoms with Gasteiger partial charge in [-0.25, -0.2) is 4.98 Å². The van der Waals surface area contributed by atoms with E-state index in [4.69, 9.17) is 15.4 Å². The lowest BCUT2D eigenvalue weighted by molar-refractivity contribution is 0.317. The normalized spacial score (nSPS) is 12.1. The van der Waals surface area contributed by atoms with E-state index in [1.165, 1.54) is 11.8 Å². The Kier molecular flexibility index (Phi) is 3.31. The summed E-state index contributed by atoms with van der Waals surface area (Å²) in [6.45, 7) is 0. The molecule has 0 bridgehead atoms. The molecule has 0 saturated heterocycles. The molecule has 0 spiro atoms. The van der Waals surface area contributed by atoms with E-state index in [2.05, 4.69) is 10.1 Å². The molecule has 0 saturated carbocycles. The van der Waals surface area contributed by atoms with Gasteiger partial charge in [0.25, 0.3) is 5.22 Å². The molecule has 1 aromatic heterocycles. The number of oxazole rings is 1. The summed E-state index contributed by atoms with van der Waals surface area (Å²) in [6, 6.07) is 7.58. The maximum Gasteiger partial charge on any atom is 0.256 e. The molecule has 0 fully saturated rings. The van der Waals surface area contributed by atoms with Gasteiger partial charge in [0.1, 0.15) is 11.4 Å². The fraction of sp³-hybridized carbons (Fsp3) is 0.200. The molecule has 0 aliphatic carbocycles. The molecule has 0 radical (unpaired) electrons. The van der Waals surface area contributed by atoms with Gasteiger partial charge in [-0.2, -0.15) is 0 Å². The Balaban J connectivity index is 1.99. The fourth-order valence-electron chi connectivity index (χ4n) is 1.21. The first-order valence-corrected chi connectivity index (χ1v) is 5.73. The third-order valence-electron chi connectivity index (χ3n) is 1.99. The van der Waals surface area contributed by atoms with Crippen LogP contribution in [0.25, 0.3) is 11.1 Å². The summed E-state index contributed by atoms with van der Waals surface area (Å²) in [6.07, 6.45) is 0.500. The molecule has 0 unspecified atom stereocenters. The summed E-state index contributed by atoms with van der Waals surface area (Å²) in [4.78, 5) is 4.29. The van der Waals surface area contributed by atoms with E-state index in [0.29, 0.717) is 17.4 Å². The first kappa shape index (κ1) is 10.8. The zero-order valence-electron chi connectivity index (χ0n) is 8.46. The molecule has 16 heavy (non-hydrogen) atoms. The van der Waals surface area contributed by atoms with Crippen molar-refractivity contribution in [3.05, 3.63) is 24.3 Å². The molecule has 1 heterocycles. The molecule has 0 atom stereocenters. The van der Waals surface area contributed by atoms with Crippen LogP contribution >= 0.6 is 11.8 Å². The molecule has 2 aromatic rings. The van der Waals surface area contributed by atoms with Gasteiger partial charge in [0.05, 0.1) is 0 Å². The predicted octanol–water partition coefficient (Wildman–Crippen LogP) is 2.06. The van der Waals surface area contributed by atoms with Crippen LogP contribution in [0.4, 0.5) is 0 Å². The highest BCUT2D eigenvalue weighted by atomic mass is 32.2. The number of benzene rings is 1. The SMILES string of the molecule is N/C(CCSc1nc2ccccc2o1)=N\O. The lowest BCUT2D eigenvalue weighted by atomic mass is 10.3. The number of oxime groups is 1. The first-order chi connectivity index (χ1) is 7.79. The van der Waals surface area contributed by atoms with Crippen molar-refractivity contribution in [2.75, 3.05) is 5.75 Å². The van der Waals surface area contributed by atoms with Crippen LogP contribution in [0, 0.1) is 0 Å². The molecule has 0 aliphatic heterocycles. The van der Waals surface area contributed by atoms with E-state index in [0.717, 1.165) is 11.1 Å². The van der Waals surface area contributed by atoms with E-state index >= 15 is 0 Å². The van der Waals surface area contributed by atoms with Gasteiger partial charge < -0.3 is 15.4 Å². The van der Waals surface area contributed by atoms with Gasteiger partial charge in [-0.15, -0.1) is 0 Å². The smallest absolute Gasteiger partial charge is 0.256 e. The van der Waals surface area contributed by atoms with Crippen LogP contribution in [0.2, 0.25) is 0 Å². The molecule has 6 heteroatoms. The summed E-state index contributed by atoms with van der Waals surface area (Å²) in [5.41, 5.74) is 6.96. The van der Waals surface area contributed by atoms with Crippen molar-refractivity contribution in [3.63, 3.8) is 0 Å². The number of aromatic nitrogens is 1. The van der Waals surface area contributed by atoms with Crippen molar-refractivity contribution >= 4 is 28.7 Å². The third-order valence-corrected chi connectivity index (χ3v) is 2.82. The fourth-order valence-corrected chi connectivity index (χ4v) is 2.00. The monoisotopic (exact) mass is 237 g/mol. The predicted molar refractivity (Wildman–Crippen MR) is 62.8 cm³/mol. The van der Waals surface area contributed by atoms with E-state index in [-0.39, 0.29) is 5.84 Å². The van der Waals surface area contributed by atoms with Gasteiger partial charge >= 0.3 is 0 Å². The van der Waals surface area contributed by atoms with E-state index in [9.17, 15) is 0 Å². The van der Waals surface area contributed by atoms with Crippen LogP contribution in [0.1, 0.15) is 6.42 Å². The summed E-state index contributed by atoms with van der Waals surface area (Å²) in [5, 5.41) is 11.9. The van der Waals surface area contributed by atoms with Crippen LogP contribution in [-0.4, -0.2) is 21.8 Å². The molecule has 0 aliphatic rings. The Bertz CT molecular complexity index is 476. The topological polar surface area (TPSA) is 84.6 Å². The minimum absolute atomic E-state index is 0.212. The maximum absolute atomic E-state index is 8.36. The lowest BCUT2D eigenvalue weighted by Crippen LogP contribution is -2.11. The van der Waals surface area contributed by atoms with Crippen molar-refractivity contribution in [2.45, 2.75) is 11.6 Å². The molecule has 84 valence electrons. The van der Waals surface area contributed by atoms with Gasteiger partial charge in [0, 0.05) is 12.2 Å². The van der Waals surface area contributed by atoms with E-state index in [1.807, 2.05) is 24.3 Å². The molecule has 0 amide bonds. The summed E-state index contributed by atoms with van der Waals surface area (Å²) in [7, 11) is 0. The number of amidine groups is 1. The molecular formula is C10H11N3O2S. The van der Waals surface area contributed by atoms with E-state index < -0.39 is 0 Å². The zero-order chi connectivity index (χ0) is 11.4. The second kappa shape index (κ2) is 4.89. The average molecular weight is 237 g/mol. The van der Waals surface area contributed by atoms with Crippen LogP contribution < -0.4 is 5.73 Å². The number of nitrogens with zero attached hydrogens (tertiary/aromatic N) is 2. The van der Waals surface area contributed by atoms with Crippen LogP contribution in [-0.2, 0) is 0 Å². The summed E-state index contributed by atoms with van der Waals surface area (Å²) >= 11 is 1.44. The van der Waals surface area contributed by atoms with Crippen LogP contribution in [0.15, 0.2) is 39.1 Å². The summed E-state index contributed by atoms with van der Waals surface area (Å²) in [5.74, 6) is 0.881. The molecule has 2 rings (SSSR count). The lowest BCUT2D eigenvalue weighted by Gasteiger charge is -1.94. The average Bonchev–Trinajstić information content (AvgIpc) is 2.71. The number of hydrogen-bond donors (Lipinski definition) is 2. The second-order valence-corrected chi connectivity index (χ2v) is 4.18. The van der Waals surface area contributed by atoms with Crippen LogP contribution in [0.5, 0.6) is 0 Å². The quantitative estimate of drug-likeness (QED) is 0.279. The van der Waals surface area contributed by atoms with Crippen molar-refractivity contribution in [2.24, 2.45) is 10.9 Å². The van der Waals surface area contributed by atoms with Crippen molar-refractivity contribution in [3.8, 4) is 0 Å². The number of para-hydroxylation sites is 2. The highest BCUT2D eigenvalue weighted by molar-refractivity contribution is 7.99.